The van der Waals surface area contributed by atoms with Gasteiger partial charge in [0.2, 0.25) is 11.8 Å². The summed E-state index contributed by atoms with van der Waals surface area (Å²) < 4.78 is 26.6. The third-order valence-electron chi connectivity index (χ3n) is 6.26. The average Bonchev–Trinajstić information content (AvgIpc) is 3.46. The molecule has 0 bridgehead atoms. The van der Waals surface area contributed by atoms with Crippen LogP contribution in [-0.2, 0) is 25.8 Å². The van der Waals surface area contributed by atoms with Gasteiger partial charge in [0.15, 0.2) is 9.84 Å². The number of halogens is 1. The molecule has 0 aromatic heterocycles. The Morgan fingerprint density at radius 2 is 1.90 bits per heavy atom. The fraction of sp³-hybridized carbons (Fsp3) is 0.619. The molecule has 1 aromatic rings. The van der Waals surface area contributed by atoms with Crippen LogP contribution in [0.25, 0.3) is 0 Å². The lowest BCUT2D eigenvalue weighted by Gasteiger charge is -2.33. The van der Waals surface area contributed by atoms with Crippen molar-refractivity contribution in [3.05, 3.63) is 22.2 Å². The van der Waals surface area contributed by atoms with E-state index in [-0.39, 0.29) is 40.8 Å². The largest absolute Gasteiger partial charge is 0.340 e. The molecule has 2 fully saturated rings. The predicted molar refractivity (Wildman–Crippen MR) is 115 cm³/mol. The number of benzene rings is 1. The number of carbonyl (C=O) groups is 2. The number of amides is 2. The molecule has 2 heterocycles. The van der Waals surface area contributed by atoms with Gasteiger partial charge in [0.1, 0.15) is 0 Å². The zero-order valence-corrected chi connectivity index (χ0v) is 19.1. The van der Waals surface area contributed by atoms with Gasteiger partial charge in [-0.2, -0.15) is 0 Å². The number of hydrogen-bond acceptors (Lipinski definition) is 4. The third kappa shape index (κ3) is 4.24. The summed E-state index contributed by atoms with van der Waals surface area (Å²) in [6.07, 6.45) is 5.62. The first kappa shape index (κ1) is 20.8. The molecule has 1 atom stereocenters. The second-order valence-corrected chi connectivity index (χ2v) is 11.4. The number of rotatable bonds is 5. The molecule has 1 aromatic carbocycles. The highest BCUT2D eigenvalue weighted by Gasteiger charge is 2.37. The Hall–Kier alpha value is -1.41. The summed E-state index contributed by atoms with van der Waals surface area (Å²) in [6, 6.07) is 3.61. The van der Waals surface area contributed by atoms with Gasteiger partial charge in [-0.05, 0) is 79.1 Å². The lowest BCUT2D eigenvalue weighted by molar-refractivity contribution is -0.134. The second-order valence-electron chi connectivity index (χ2n) is 8.43. The maximum absolute atomic E-state index is 13.0. The van der Waals surface area contributed by atoms with E-state index in [4.69, 9.17) is 0 Å². The van der Waals surface area contributed by atoms with Crippen molar-refractivity contribution in [3.8, 4) is 0 Å². The summed E-state index contributed by atoms with van der Waals surface area (Å²) in [5, 5.41) is 0. The van der Waals surface area contributed by atoms with Crippen molar-refractivity contribution in [2.75, 3.05) is 23.7 Å². The lowest BCUT2D eigenvalue weighted by atomic mass is 10.0. The topological polar surface area (TPSA) is 74.8 Å². The van der Waals surface area contributed by atoms with E-state index in [1.54, 1.807) is 11.0 Å². The number of fused-ring (bicyclic) bond motifs is 1. The van der Waals surface area contributed by atoms with E-state index in [1.165, 1.54) is 0 Å². The van der Waals surface area contributed by atoms with Crippen LogP contribution in [0.1, 0.15) is 51.0 Å². The molecule has 0 N–H and O–H groups in total. The molecule has 2 amide bonds. The first-order valence-corrected chi connectivity index (χ1v) is 12.9. The van der Waals surface area contributed by atoms with Gasteiger partial charge in [-0.1, -0.05) is 0 Å². The molecule has 1 unspecified atom stereocenters. The van der Waals surface area contributed by atoms with Gasteiger partial charge in [-0.15, -0.1) is 0 Å². The Kier molecular flexibility index (Phi) is 5.77. The van der Waals surface area contributed by atoms with Crippen molar-refractivity contribution >= 4 is 43.3 Å². The van der Waals surface area contributed by atoms with Gasteiger partial charge >= 0.3 is 0 Å². The SMILES string of the molecule is CC1CCCCN1C(=O)CCS(=O)(=O)c1cc2c(cc1Br)CCN2C(=O)C1CC1. The Labute approximate surface area is 180 Å². The second kappa shape index (κ2) is 8.02. The first-order chi connectivity index (χ1) is 13.8. The van der Waals surface area contributed by atoms with Crippen molar-refractivity contribution in [3.63, 3.8) is 0 Å². The van der Waals surface area contributed by atoms with E-state index in [0.29, 0.717) is 23.2 Å². The number of piperidine rings is 1. The van der Waals surface area contributed by atoms with Gasteiger partial charge in [0, 0.05) is 41.6 Å². The molecule has 0 radical (unpaired) electrons. The fourth-order valence-electron chi connectivity index (χ4n) is 4.35. The highest BCUT2D eigenvalue weighted by Crippen LogP contribution is 2.39. The number of hydrogen-bond donors (Lipinski definition) is 0. The van der Waals surface area contributed by atoms with Crippen molar-refractivity contribution < 1.29 is 18.0 Å². The zero-order valence-electron chi connectivity index (χ0n) is 16.7. The predicted octanol–water partition coefficient (Wildman–Crippen LogP) is 3.31. The van der Waals surface area contributed by atoms with Crippen LogP contribution in [0.15, 0.2) is 21.5 Å². The molecule has 1 saturated carbocycles. The van der Waals surface area contributed by atoms with Gasteiger partial charge in [-0.3, -0.25) is 9.59 Å². The van der Waals surface area contributed by atoms with Gasteiger partial charge < -0.3 is 9.80 Å². The minimum atomic E-state index is -3.65. The molecular weight excluding hydrogens is 456 g/mol. The summed E-state index contributed by atoms with van der Waals surface area (Å²) in [6.45, 7) is 3.33. The number of sulfone groups is 1. The Morgan fingerprint density at radius 3 is 2.59 bits per heavy atom. The van der Waals surface area contributed by atoms with Crippen LogP contribution in [0.5, 0.6) is 0 Å². The lowest BCUT2D eigenvalue weighted by Crippen LogP contribution is -2.42. The van der Waals surface area contributed by atoms with E-state index >= 15 is 0 Å². The molecule has 3 aliphatic rings. The first-order valence-electron chi connectivity index (χ1n) is 10.4. The van der Waals surface area contributed by atoms with E-state index in [1.807, 2.05) is 17.9 Å². The Morgan fingerprint density at radius 1 is 1.14 bits per heavy atom. The summed E-state index contributed by atoms with van der Waals surface area (Å²) in [4.78, 5) is 28.9. The van der Waals surface area contributed by atoms with Gasteiger partial charge in [0.25, 0.3) is 0 Å². The third-order valence-corrected chi connectivity index (χ3v) is 8.93. The van der Waals surface area contributed by atoms with E-state index in [9.17, 15) is 18.0 Å². The molecule has 6 nitrogen and oxygen atoms in total. The number of likely N-dealkylation sites (tertiary alicyclic amines) is 1. The van der Waals surface area contributed by atoms with Crippen LogP contribution in [0.4, 0.5) is 5.69 Å². The average molecular weight is 483 g/mol. The molecular formula is C21H27BrN2O4S. The van der Waals surface area contributed by atoms with Crippen LogP contribution < -0.4 is 4.90 Å². The zero-order chi connectivity index (χ0) is 20.8. The standard InChI is InChI=1S/C21H27BrN2O4S/c1-14-4-2-3-9-23(14)20(25)8-11-29(27,28)19-13-18-16(12-17(19)22)7-10-24(18)21(26)15-5-6-15/h12-15H,2-11H2,1H3. The van der Waals surface area contributed by atoms with Gasteiger partial charge in [0.05, 0.1) is 10.6 Å². The molecule has 1 saturated heterocycles. The molecule has 0 spiro atoms. The van der Waals surface area contributed by atoms with Gasteiger partial charge in [-0.25, -0.2) is 8.42 Å². The molecule has 158 valence electrons. The molecule has 8 heteroatoms. The molecule has 2 aliphatic heterocycles. The smallest absolute Gasteiger partial charge is 0.230 e. The minimum absolute atomic E-state index is 0.0130. The highest BCUT2D eigenvalue weighted by molar-refractivity contribution is 9.10. The Bertz CT molecular complexity index is 942. The minimum Gasteiger partial charge on any atom is -0.340 e. The molecule has 4 rings (SSSR count). The van der Waals surface area contributed by atoms with Crippen LogP contribution in [0.3, 0.4) is 0 Å². The van der Waals surface area contributed by atoms with Crippen LogP contribution >= 0.6 is 15.9 Å². The van der Waals surface area contributed by atoms with Crippen LogP contribution in [0.2, 0.25) is 0 Å². The summed E-state index contributed by atoms with van der Waals surface area (Å²) in [7, 11) is -3.65. The van der Waals surface area contributed by atoms with E-state index < -0.39 is 9.84 Å². The number of nitrogens with zero attached hydrogens (tertiary/aromatic N) is 2. The van der Waals surface area contributed by atoms with E-state index in [2.05, 4.69) is 15.9 Å². The maximum Gasteiger partial charge on any atom is 0.230 e. The van der Waals surface area contributed by atoms with Crippen molar-refractivity contribution in [1.82, 2.24) is 4.90 Å². The fourth-order valence-corrected chi connectivity index (χ4v) is 6.79. The summed E-state index contributed by atoms with van der Waals surface area (Å²) >= 11 is 3.40. The Balaban J connectivity index is 1.51. The number of anilines is 1. The maximum atomic E-state index is 13.0. The molecule has 29 heavy (non-hydrogen) atoms. The summed E-state index contributed by atoms with van der Waals surface area (Å²) in [5.41, 5.74) is 1.70. The van der Waals surface area contributed by atoms with Crippen LogP contribution in [-0.4, -0.2) is 50.0 Å². The van der Waals surface area contributed by atoms with Crippen molar-refractivity contribution in [1.29, 1.82) is 0 Å². The van der Waals surface area contributed by atoms with E-state index in [0.717, 1.165) is 44.1 Å². The highest BCUT2D eigenvalue weighted by atomic mass is 79.9. The quantitative estimate of drug-likeness (QED) is 0.644. The summed E-state index contributed by atoms with van der Waals surface area (Å²) in [5.74, 6) is -0.121. The normalized spacial score (nSPS) is 21.9. The van der Waals surface area contributed by atoms with Crippen LogP contribution in [0, 0.1) is 5.92 Å². The molecule has 1 aliphatic carbocycles. The van der Waals surface area contributed by atoms with Crippen molar-refractivity contribution in [2.24, 2.45) is 5.92 Å². The number of carbonyl (C=O) groups excluding carboxylic acids is 2. The van der Waals surface area contributed by atoms with Crippen molar-refractivity contribution in [2.45, 2.75) is 62.8 Å². The monoisotopic (exact) mass is 482 g/mol.